The van der Waals surface area contributed by atoms with Crippen LogP contribution in [0, 0.1) is 0 Å². The van der Waals surface area contributed by atoms with Crippen molar-refractivity contribution >= 4 is 11.8 Å². The van der Waals surface area contributed by atoms with Crippen molar-refractivity contribution in [2.75, 3.05) is 19.8 Å². The molecule has 1 heterocycles. The van der Waals surface area contributed by atoms with Gasteiger partial charge in [0, 0.05) is 10.9 Å². The minimum Gasteiger partial charge on any atom is -0.379 e. The van der Waals surface area contributed by atoms with E-state index in [1.54, 1.807) is 0 Å². The zero-order valence-electron chi connectivity index (χ0n) is 10.6. The number of benzene rings is 1. The molecule has 17 heavy (non-hydrogen) atoms. The first-order chi connectivity index (χ1) is 8.31. The Morgan fingerprint density at radius 2 is 2.18 bits per heavy atom. The molecule has 0 bridgehead atoms. The molecule has 0 spiro atoms. The summed E-state index contributed by atoms with van der Waals surface area (Å²) in [5.74, 6) is 0. The summed E-state index contributed by atoms with van der Waals surface area (Å²) in [6.07, 6.45) is 1.18. The fourth-order valence-electron chi connectivity index (χ4n) is 1.88. The molecule has 0 saturated carbocycles. The molecular weight excluding hydrogens is 230 g/mol. The van der Waals surface area contributed by atoms with Crippen LogP contribution in [0.5, 0.6) is 0 Å². The quantitative estimate of drug-likeness (QED) is 0.838. The first-order valence-electron chi connectivity index (χ1n) is 6.38. The molecule has 0 aromatic heterocycles. The Morgan fingerprint density at radius 3 is 2.82 bits per heavy atom. The highest BCUT2D eigenvalue weighted by Gasteiger charge is 2.21. The number of thioether (sulfide) groups is 1. The Hall–Kier alpha value is -0.510. The molecule has 1 saturated heterocycles. The van der Waals surface area contributed by atoms with Gasteiger partial charge in [0.25, 0.3) is 0 Å². The second-order valence-corrected chi connectivity index (χ2v) is 5.83. The van der Waals surface area contributed by atoms with Crippen molar-refractivity contribution in [1.82, 2.24) is 5.32 Å². The van der Waals surface area contributed by atoms with E-state index in [0.717, 1.165) is 19.8 Å². The topological polar surface area (TPSA) is 21.3 Å². The molecule has 3 heteroatoms. The molecule has 1 aliphatic heterocycles. The molecule has 2 nitrogen and oxygen atoms in total. The SMILES string of the molecule is CCCNC(C)c1ccccc1SC1COC1. The average Bonchev–Trinajstić information content (AvgIpc) is 2.31. The van der Waals surface area contributed by atoms with Crippen molar-refractivity contribution in [2.24, 2.45) is 0 Å². The predicted molar refractivity (Wildman–Crippen MR) is 73.6 cm³/mol. The van der Waals surface area contributed by atoms with Crippen LogP contribution in [0.15, 0.2) is 29.2 Å². The number of hydrogen-bond acceptors (Lipinski definition) is 3. The van der Waals surface area contributed by atoms with Crippen LogP contribution in [0.25, 0.3) is 0 Å². The van der Waals surface area contributed by atoms with E-state index in [9.17, 15) is 0 Å². The number of ether oxygens (including phenoxy) is 1. The Labute approximate surface area is 108 Å². The molecular formula is C14H21NOS. The van der Waals surface area contributed by atoms with E-state index in [2.05, 4.69) is 43.4 Å². The van der Waals surface area contributed by atoms with Crippen LogP contribution in [0.3, 0.4) is 0 Å². The summed E-state index contributed by atoms with van der Waals surface area (Å²) in [5.41, 5.74) is 1.41. The van der Waals surface area contributed by atoms with Gasteiger partial charge in [0.2, 0.25) is 0 Å². The lowest BCUT2D eigenvalue weighted by Gasteiger charge is -2.27. The molecule has 1 aromatic carbocycles. The molecule has 0 radical (unpaired) electrons. The Kier molecular flexibility index (Phi) is 4.89. The van der Waals surface area contributed by atoms with Crippen molar-refractivity contribution < 1.29 is 4.74 Å². The first kappa shape index (κ1) is 12.9. The van der Waals surface area contributed by atoms with Gasteiger partial charge in [-0.15, -0.1) is 11.8 Å². The van der Waals surface area contributed by atoms with E-state index < -0.39 is 0 Å². The standard InChI is InChI=1S/C14H21NOS/c1-3-8-15-11(2)13-6-4-5-7-14(13)17-12-9-16-10-12/h4-7,11-12,15H,3,8-10H2,1-2H3. The Balaban J connectivity index is 2.03. The fraction of sp³-hybridized carbons (Fsp3) is 0.571. The largest absolute Gasteiger partial charge is 0.379 e. The van der Waals surface area contributed by atoms with Gasteiger partial charge in [-0.05, 0) is 31.5 Å². The van der Waals surface area contributed by atoms with Gasteiger partial charge in [0.05, 0.1) is 18.5 Å². The maximum absolute atomic E-state index is 5.24. The highest BCUT2D eigenvalue weighted by molar-refractivity contribution is 8.00. The van der Waals surface area contributed by atoms with Gasteiger partial charge in [-0.25, -0.2) is 0 Å². The normalized spacial score (nSPS) is 17.8. The third kappa shape index (κ3) is 3.47. The number of hydrogen-bond donors (Lipinski definition) is 1. The molecule has 1 aliphatic rings. The summed E-state index contributed by atoms with van der Waals surface area (Å²) in [6.45, 7) is 7.32. The van der Waals surface area contributed by atoms with Gasteiger partial charge in [0.1, 0.15) is 0 Å². The van der Waals surface area contributed by atoms with E-state index in [4.69, 9.17) is 4.74 Å². The van der Waals surface area contributed by atoms with Crippen molar-refractivity contribution in [1.29, 1.82) is 0 Å². The van der Waals surface area contributed by atoms with E-state index in [1.165, 1.54) is 16.9 Å². The van der Waals surface area contributed by atoms with Gasteiger partial charge in [0.15, 0.2) is 0 Å². The third-order valence-electron chi connectivity index (χ3n) is 2.99. The van der Waals surface area contributed by atoms with Crippen molar-refractivity contribution in [2.45, 2.75) is 36.5 Å². The highest BCUT2D eigenvalue weighted by atomic mass is 32.2. The van der Waals surface area contributed by atoms with E-state index in [-0.39, 0.29) is 0 Å². The van der Waals surface area contributed by atoms with Crippen LogP contribution in [-0.2, 0) is 4.74 Å². The molecule has 1 aromatic rings. The second kappa shape index (κ2) is 6.43. The lowest BCUT2D eigenvalue weighted by atomic mass is 10.1. The lowest BCUT2D eigenvalue weighted by molar-refractivity contribution is 0.0455. The fourth-order valence-corrected chi connectivity index (χ4v) is 3.10. The van der Waals surface area contributed by atoms with E-state index >= 15 is 0 Å². The van der Waals surface area contributed by atoms with Crippen LogP contribution >= 0.6 is 11.8 Å². The van der Waals surface area contributed by atoms with Gasteiger partial charge in [-0.2, -0.15) is 0 Å². The average molecular weight is 251 g/mol. The zero-order valence-corrected chi connectivity index (χ0v) is 11.4. The van der Waals surface area contributed by atoms with Crippen molar-refractivity contribution in [3.8, 4) is 0 Å². The molecule has 1 atom stereocenters. The van der Waals surface area contributed by atoms with Gasteiger partial charge >= 0.3 is 0 Å². The predicted octanol–water partition coefficient (Wildman–Crippen LogP) is 3.24. The van der Waals surface area contributed by atoms with Crippen LogP contribution in [0.1, 0.15) is 31.9 Å². The molecule has 2 rings (SSSR count). The van der Waals surface area contributed by atoms with E-state index in [1.807, 2.05) is 11.8 Å². The molecule has 94 valence electrons. The summed E-state index contributed by atoms with van der Waals surface area (Å²) in [4.78, 5) is 1.40. The molecule has 0 aliphatic carbocycles. The van der Waals surface area contributed by atoms with Gasteiger partial charge < -0.3 is 10.1 Å². The number of rotatable bonds is 6. The maximum atomic E-state index is 5.24. The maximum Gasteiger partial charge on any atom is 0.0611 e. The monoisotopic (exact) mass is 251 g/mol. The molecule has 0 amide bonds. The lowest BCUT2D eigenvalue weighted by Crippen LogP contribution is -2.30. The highest BCUT2D eigenvalue weighted by Crippen LogP contribution is 2.33. The van der Waals surface area contributed by atoms with Gasteiger partial charge in [-0.3, -0.25) is 0 Å². The van der Waals surface area contributed by atoms with Crippen LogP contribution in [-0.4, -0.2) is 25.0 Å². The van der Waals surface area contributed by atoms with Crippen molar-refractivity contribution in [3.63, 3.8) is 0 Å². The molecule has 1 N–H and O–H groups in total. The van der Waals surface area contributed by atoms with E-state index in [0.29, 0.717) is 11.3 Å². The summed E-state index contributed by atoms with van der Waals surface area (Å²) in [6, 6.07) is 9.13. The smallest absolute Gasteiger partial charge is 0.0611 e. The zero-order chi connectivity index (χ0) is 12.1. The Bertz CT molecular complexity index is 352. The summed E-state index contributed by atoms with van der Waals surface area (Å²) < 4.78 is 5.24. The van der Waals surface area contributed by atoms with Crippen LogP contribution in [0.4, 0.5) is 0 Å². The van der Waals surface area contributed by atoms with Gasteiger partial charge in [-0.1, -0.05) is 25.1 Å². The molecule has 1 fully saturated rings. The molecule has 1 unspecified atom stereocenters. The second-order valence-electron chi connectivity index (χ2n) is 4.49. The van der Waals surface area contributed by atoms with Crippen LogP contribution < -0.4 is 5.32 Å². The first-order valence-corrected chi connectivity index (χ1v) is 7.26. The third-order valence-corrected chi connectivity index (χ3v) is 4.22. The van der Waals surface area contributed by atoms with Crippen LogP contribution in [0.2, 0.25) is 0 Å². The summed E-state index contributed by atoms with van der Waals surface area (Å²) in [7, 11) is 0. The Morgan fingerprint density at radius 1 is 1.41 bits per heavy atom. The minimum atomic E-state index is 0.430. The van der Waals surface area contributed by atoms with Crippen molar-refractivity contribution in [3.05, 3.63) is 29.8 Å². The number of nitrogens with one attached hydrogen (secondary N) is 1. The summed E-state index contributed by atoms with van der Waals surface area (Å²) >= 11 is 1.95. The minimum absolute atomic E-state index is 0.430. The summed E-state index contributed by atoms with van der Waals surface area (Å²) in [5, 5.41) is 4.20.